The summed E-state index contributed by atoms with van der Waals surface area (Å²) in [7, 11) is -3.38. The van der Waals surface area contributed by atoms with Crippen molar-refractivity contribution in [2.75, 3.05) is 18.4 Å². The summed E-state index contributed by atoms with van der Waals surface area (Å²) in [5.74, 6) is 0.377. The summed E-state index contributed by atoms with van der Waals surface area (Å²) in [6, 6.07) is 11.9. The molecule has 154 valence electrons. The van der Waals surface area contributed by atoms with Gasteiger partial charge in [0.05, 0.1) is 0 Å². The van der Waals surface area contributed by atoms with E-state index in [-0.39, 0.29) is 0 Å². The van der Waals surface area contributed by atoms with E-state index in [1.165, 1.54) is 28.2 Å². The van der Waals surface area contributed by atoms with Gasteiger partial charge in [0.2, 0.25) is 0 Å². The first-order valence-electron chi connectivity index (χ1n) is 10.2. The Labute approximate surface area is 178 Å². The predicted molar refractivity (Wildman–Crippen MR) is 122 cm³/mol. The zero-order valence-electron chi connectivity index (χ0n) is 17.2. The SMILES string of the molecule is CC1=CC(C)C(Nc2cccc(-c3ccc(S(=O)(=O)N4CCCCC4)s3)c2)=C1C. The maximum Gasteiger partial charge on any atom is 0.252 e. The number of allylic oxidation sites excluding steroid dienone is 3. The van der Waals surface area contributed by atoms with Gasteiger partial charge in [-0.3, -0.25) is 0 Å². The van der Waals surface area contributed by atoms with Gasteiger partial charge >= 0.3 is 0 Å². The number of sulfonamides is 1. The van der Waals surface area contributed by atoms with Gasteiger partial charge in [-0.1, -0.05) is 31.6 Å². The molecule has 2 heterocycles. The Bertz CT molecular complexity index is 1070. The molecule has 1 N–H and O–H groups in total. The zero-order chi connectivity index (χ0) is 20.6. The maximum absolute atomic E-state index is 12.9. The molecule has 4 nitrogen and oxygen atoms in total. The Morgan fingerprint density at radius 2 is 1.83 bits per heavy atom. The number of hydrogen-bond donors (Lipinski definition) is 1. The number of thiophene rings is 1. The van der Waals surface area contributed by atoms with Crippen LogP contribution in [0.3, 0.4) is 0 Å². The second-order valence-electron chi connectivity index (χ2n) is 7.97. The van der Waals surface area contributed by atoms with Crippen molar-refractivity contribution in [2.45, 2.75) is 44.2 Å². The Kier molecular flexibility index (Phi) is 5.69. The molecule has 1 atom stereocenters. The van der Waals surface area contributed by atoms with E-state index in [0.29, 0.717) is 23.2 Å². The van der Waals surface area contributed by atoms with Crippen molar-refractivity contribution in [3.8, 4) is 10.4 Å². The zero-order valence-corrected chi connectivity index (χ0v) is 18.9. The highest BCUT2D eigenvalue weighted by Crippen LogP contribution is 2.36. The van der Waals surface area contributed by atoms with Crippen LogP contribution in [-0.4, -0.2) is 25.8 Å². The first kappa shape index (κ1) is 20.4. The molecule has 0 amide bonds. The minimum absolute atomic E-state index is 0.377. The van der Waals surface area contributed by atoms with Crippen molar-refractivity contribution in [3.05, 3.63) is 59.3 Å². The highest BCUT2D eigenvalue weighted by molar-refractivity contribution is 7.91. The molecule has 1 aliphatic heterocycles. The summed E-state index contributed by atoms with van der Waals surface area (Å²) in [6.45, 7) is 7.76. The lowest BCUT2D eigenvalue weighted by molar-refractivity contribution is 0.347. The molecule has 1 aromatic heterocycles. The van der Waals surface area contributed by atoms with Crippen LogP contribution in [0.1, 0.15) is 40.0 Å². The topological polar surface area (TPSA) is 49.4 Å². The number of rotatable bonds is 5. The number of benzene rings is 1. The van der Waals surface area contributed by atoms with Gasteiger partial charge in [-0.05, 0) is 67.7 Å². The van der Waals surface area contributed by atoms with E-state index in [1.807, 2.05) is 18.2 Å². The second kappa shape index (κ2) is 8.09. The van der Waals surface area contributed by atoms with Crippen LogP contribution in [0.15, 0.2) is 63.5 Å². The summed E-state index contributed by atoms with van der Waals surface area (Å²) < 4.78 is 28.0. The Hall–Kier alpha value is -1.89. The third-order valence-corrected chi connectivity index (χ3v) is 9.37. The van der Waals surface area contributed by atoms with Crippen LogP contribution in [0.5, 0.6) is 0 Å². The van der Waals surface area contributed by atoms with Crippen molar-refractivity contribution in [3.63, 3.8) is 0 Å². The molecule has 1 aromatic carbocycles. The minimum Gasteiger partial charge on any atom is -0.358 e. The van der Waals surface area contributed by atoms with Crippen LogP contribution < -0.4 is 5.32 Å². The van der Waals surface area contributed by atoms with E-state index in [2.05, 4.69) is 44.3 Å². The molecule has 1 unspecified atom stereocenters. The third kappa shape index (κ3) is 4.06. The summed E-state index contributed by atoms with van der Waals surface area (Å²) >= 11 is 1.36. The molecule has 2 aromatic rings. The van der Waals surface area contributed by atoms with Gasteiger partial charge in [0, 0.05) is 35.3 Å². The molecule has 0 spiro atoms. The fraction of sp³-hybridized carbons (Fsp3) is 0.391. The largest absolute Gasteiger partial charge is 0.358 e. The van der Waals surface area contributed by atoms with Gasteiger partial charge in [0.15, 0.2) is 0 Å². The van der Waals surface area contributed by atoms with Gasteiger partial charge in [-0.15, -0.1) is 11.3 Å². The first-order chi connectivity index (χ1) is 13.9. The van der Waals surface area contributed by atoms with Crippen LogP contribution in [0.25, 0.3) is 10.4 Å². The van der Waals surface area contributed by atoms with Crippen LogP contribution in [-0.2, 0) is 10.0 Å². The van der Waals surface area contributed by atoms with Crippen molar-refractivity contribution < 1.29 is 8.42 Å². The lowest BCUT2D eigenvalue weighted by atomic mass is 10.1. The Morgan fingerprint density at radius 3 is 2.52 bits per heavy atom. The normalized spacial score (nSPS) is 20.8. The Balaban J connectivity index is 1.57. The number of hydrogen-bond acceptors (Lipinski definition) is 4. The quantitative estimate of drug-likeness (QED) is 0.648. The molecule has 4 rings (SSSR count). The molecular weight excluding hydrogens is 400 g/mol. The smallest absolute Gasteiger partial charge is 0.252 e. The van der Waals surface area contributed by atoms with Crippen LogP contribution in [0.4, 0.5) is 5.69 Å². The molecule has 29 heavy (non-hydrogen) atoms. The minimum atomic E-state index is -3.38. The van der Waals surface area contributed by atoms with Crippen molar-refractivity contribution in [1.82, 2.24) is 4.31 Å². The monoisotopic (exact) mass is 428 g/mol. The fourth-order valence-electron chi connectivity index (χ4n) is 4.10. The van der Waals surface area contributed by atoms with Gasteiger partial charge in [-0.25, -0.2) is 8.42 Å². The number of piperidine rings is 1. The molecule has 0 saturated carbocycles. The van der Waals surface area contributed by atoms with E-state index >= 15 is 0 Å². The average molecular weight is 429 g/mol. The lowest BCUT2D eigenvalue weighted by Gasteiger charge is -2.25. The number of nitrogens with zero attached hydrogens (tertiary/aromatic N) is 1. The fourth-order valence-corrected chi connectivity index (χ4v) is 7.07. The summed E-state index contributed by atoms with van der Waals surface area (Å²) in [5, 5.41) is 3.58. The highest BCUT2D eigenvalue weighted by atomic mass is 32.2. The first-order valence-corrected chi connectivity index (χ1v) is 12.5. The molecule has 2 aliphatic rings. The highest BCUT2D eigenvalue weighted by Gasteiger charge is 2.27. The van der Waals surface area contributed by atoms with Gasteiger partial charge in [0.25, 0.3) is 10.0 Å². The van der Waals surface area contributed by atoms with Crippen molar-refractivity contribution in [2.24, 2.45) is 5.92 Å². The van der Waals surface area contributed by atoms with E-state index in [4.69, 9.17) is 0 Å². The van der Waals surface area contributed by atoms with E-state index in [1.54, 1.807) is 10.4 Å². The maximum atomic E-state index is 12.9. The van der Waals surface area contributed by atoms with Gasteiger partial charge < -0.3 is 5.32 Å². The molecular formula is C23H28N2O2S2. The molecule has 0 radical (unpaired) electrons. The van der Waals surface area contributed by atoms with Gasteiger partial charge in [-0.2, -0.15) is 4.31 Å². The summed E-state index contributed by atoms with van der Waals surface area (Å²) in [6.07, 6.45) is 5.30. The third-order valence-electron chi connectivity index (χ3n) is 5.87. The predicted octanol–water partition coefficient (Wildman–Crippen LogP) is 5.87. The molecule has 1 fully saturated rings. The van der Waals surface area contributed by atoms with Crippen LogP contribution >= 0.6 is 11.3 Å². The Morgan fingerprint density at radius 1 is 1.07 bits per heavy atom. The van der Waals surface area contributed by atoms with Crippen molar-refractivity contribution in [1.29, 1.82) is 0 Å². The lowest BCUT2D eigenvalue weighted by Crippen LogP contribution is -2.35. The van der Waals surface area contributed by atoms with Crippen LogP contribution in [0, 0.1) is 5.92 Å². The second-order valence-corrected chi connectivity index (χ2v) is 11.2. The molecule has 6 heteroatoms. The number of nitrogens with one attached hydrogen (secondary N) is 1. The molecule has 1 saturated heterocycles. The van der Waals surface area contributed by atoms with E-state index < -0.39 is 10.0 Å². The van der Waals surface area contributed by atoms with E-state index in [9.17, 15) is 8.42 Å². The number of anilines is 1. The summed E-state index contributed by atoms with van der Waals surface area (Å²) in [5.41, 5.74) is 5.92. The average Bonchev–Trinajstić information content (AvgIpc) is 3.31. The van der Waals surface area contributed by atoms with Gasteiger partial charge in [0.1, 0.15) is 4.21 Å². The summed E-state index contributed by atoms with van der Waals surface area (Å²) in [4.78, 5) is 0.976. The van der Waals surface area contributed by atoms with E-state index in [0.717, 1.165) is 35.4 Å². The molecule has 1 aliphatic carbocycles. The van der Waals surface area contributed by atoms with Crippen LogP contribution in [0.2, 0.25) is 0 Å². The van der Waals surface area contributed by atoms with Crippen molar-refractivity contribution >= 4 is 27.0 Å². The standard InChI is InChI=1S/C23H28N2O2S2/c1-16-14-17(2)23(18(16)3)24-20-9-7-8-19(15-20)21-10-11-22(28-21)29(26,27)25-12-5-4-6-13-25/h7-11,14-15,17,24H,4-6,12-13H2,1-3H3. The molecule has 0 bridgehead atoms.